The van der Waals surface area contributed by atoms with E-state index in [0.717, 1.165) is 21.1 Å². The first-order chi connectivity index (χ1) is 17.7. The molecule has 1 aliphatic heterocycles. The maximum absolute atomic E-state index is 12.8. The van der Waals surface area contributed by atoms with Crippen LogP contribution in [0.25, 0.3) is 21.7 Å². The van der Waals surface area contributed by atoms with Gasteiger partial charge < -0.3 is 20.4 Å². The Kier molecular flexibility index (Phi) is 5.70. The van der Waals surface area contributed by atoms with Gasteiger partial charge in [-0.25, -0.2) is 23.4 Å². The van der Waals surface area contributed by atoms with Gasteiger partial charge in [0.15, 0.2) is 21.3 Å². The molecule has 0 aliphatic carbocycles. The standard InChI is InChI=1S/C24H24N8O3S2/c1-13-11-25-24(36-13)15-4-5-17(19(8-15)37(3,33)34)28-18-10-20(30-23-22(18)26-14(2)27-23)29-21-9-16-12-35-7-6-32(16)31-21/h4-5,8-11H,6-7,12H2,1-3H3,(H3,26,27,28,29,30,31). The number of nitrogens with zero attached hydrogens (tertiary/aromatic N) is 5. The van der Waals surface area contributed by atoms with Crippen molar-refractivity contribution in [2.75, 3.05) is 23.5 Å². The molecule has 190 valence electrons. The Balaban J connectivity index is 1.40. The average Bonchev–Trinajstić information content (AvgIpc) is 3.56. The number of hydrogen-bond donors (Lipinski definition) is 3. The summed E-state index contributed by atoms with van der Waals surface area (Å²) in [7, 11) is -3.56. The Labute approximate surface area is 216 Å². The van der Waals surface area contributed by atoms with E-state index in [2.05, 4.69) is 35.7 Å². The highest BCUT2D eigenvalue weighted by molar-refractivity contribution is 7.90. The summed E-state index contributed by atoms with van der Waals surface area (Å²) in [5, 5.41) is 11.9. The van der Waals surface area contributed by atoms with E-state index in [0.29, 0.717) is 59.8 Å². The molecule has 3 N–H and O–H groups in total. The van der Waals surface area contributed by atoms with Crippen molar-refractivity contribution >= 4 is 55.3 Å². The number of pyridine rings is 1. The van der Waals surface area contributed by atoms with Crippen LogP contribution in [0, 0.1) is 13.8 Å². The Morgan fingerprint density at radius 3 is 2.70 bits per heavy atom. The van der Waals surface area contributed by atoms with Gasteiger partial charge in [0.05, 0.1) is 41.7 Å². The Morgan fingerprint density at radius 2 is 1.95 bits per heavy atom. The van der Waals surface area contributed by atoms with Crippen LogP contribution < -0.4 is 10.6 Å². The highest BCUT2D eigenvalue weighted by Gasteiger charge is 2.19. The summed E-state index contributed by atoms with van der Waals surface area (Å²) in [5.41, 5.74) is 3.93. The highest BCUT2D eigenvalue weighted by atomic mass is 32.2. The maximum atomic E-state index is 12.8. The van der Waals surface area contributed by atoms with E-state index in [1.807, 2.05) is 30.7 Å². The van der Waals surface area contributed by atoms with Crippen molar-refractivity contribution in [2.45, 2.75) is 31.9 Å². The highest BCUT2D eigenvalue weighted by Crippen LogP contribution is 2.34. The van der Waals surface area contributed by atoms with Gasteiger partial charge >= 0.3 is 0 Å². The van der Waals surface area contributed by atoms with Gasteiger partial charge in [0.1, 0.15) is 22.2 Å². The first-order valence-corrected chi connectivity index (χ1v) is 14.3. The third-order valence-corrected chi connectivity index (χ3v) is 8.01. The van der Waals surface area contributed by atoms with E-state index in [1.165, 1.54) is 17.6 Å². The van der Waals surface area contributed by atoms with E-state index < -0.39 is 9.84 Å². The number of imidazole rings is 1. The minimum absolute atomic E-state index is 0.173. The molecule has 0 unspecified atom stereocenters. The minimum Gasteiger partial charge on any atom is -0.373 e. The molecule has 0 saturated heterocycles. The number of rotatable bonds is 6. The number of thiazole rings is 1. The molecule has 0 atom stereocenters. The number of aromatic amines is 1. The van der Waals surface area contributed by atoms with Gasteiger partial charge in [-0.05, 0) is 32.0 Å². The van der Waals surface area contributed by atoms with Crippen molar-refractivity contribution in [1.82, 2.24) is 29.7 Å². The normalized spacial score (nSPS) is 13.6. The fraction of sp³-hybridized carbons (Fsp3) is 0.250. The van der Waals surface area contributed by atoms with E-state index in [1.54, 1.807) is 24.4 Å². The number of H-pyrrole nitrogens is 1. The molecular weight excluding hydrogens is 512 g/mol. The number of anilines is 4. The van der Waals surface area contributed by atoms with Crippen LogP contribution in [0.4, 0.5) is 23.0 Å². The molecule has 0 saturated carbocycles. The molecule has 5 aromatic rings. The van der Waals surface area contributed by atoms with Crippen LogP contribution in [0.5, 0.6) is 0 Å². The van der Waals surface area contributed by atoms with Crippen molar-refractivity contribution < 1.29 is 13.2 Å². The lowest BCUT2D eigenvalue weighted by atomic mass is 10.2. The summed E-state index contributed by atoms with van der Waals surface area (Å²) in [6, 6.07) is 8.99. The number of hydrogen-bond acceptors (Lipinski definition) is 10. The van der Waals surface area contributed by atoms with E-state index in [9.17, 15) is 8.42 Å². The average molecular weight is 537 g/mol. The van der Waals surface area contributed by atoms with Crippen LogP contribution in [0.3, 0.4) is 0 Å². The van der Waals surface area contributed by atoms with Gasteiger partial charge in [-0.15, -0.1) is 11.3 Å². The maximum Gasteiger partial charge on any atom is 0.177 e. The summed E-state index contributed by atoms with van der Waals surface area (Å²) in [6.07, 6.45) is 2.97. The summed E-state index contributed by atoms with van der Waals surface area (Å²) < 4.78 is 33.0. The van der Waals surface area contributed by atoms with Gasteiger partial charge in [0.2, 0.25) is 0 Å². The van der Waals surface area contributed by atoms with Crippen LogP contribution in [0.1, 0.15) is 16.4 Å². The molecule has 1 aromatic carbocycles. The third kappa shape index (κ3) is 4.68. The number of ether oxygens (including phenoxy) is 1. The zero-order valence-corrected chi connectivity index (χ0v) is 22.0. The number of aromatic nitrogens is 6. The largest absolute Gasteiger partial charge is 0.373 e. The quantitative estimate of drug-likeness (QED) is 0.289. The Bertz CT molecular complexity index is 1730. The van der Waals surface area contributed by atoms with E-state index in [-0.39, 0.29) is 4.90 Å². The van der Waals surface area contributed by atoms with Gasteiger partial charge in [0, 0.05) is 35.0 Å². The van der Waals surface area contributed by atoms with Crippen LogP contribution in [0.15, 0.2) is 41.4 Å². The van der Waals surface area contributed by atoms with Crippen LogP contribution in [-0.4, -0.2) is 51.0 Å². The number of aryl methyl sites for hydroxylation is 2. The molecule has 11 nitrogen and oxygen atoms in total. The molecule has 0 amide bonds. The lowest BCUT2D eigenvalue weighted by Crippen LogP contribution is -2.16. The summed E-state index contributed by atoms with van der Waals surface area (Å²) in [6.45, 7) is 5.64. The van der Waals surface area contributed by atoms with Gasteiger partial charge in [-0.1, -0.05) is 0 Å². The predicted octanol–water partition coefficient (Wildman–Crippen LogP) is 4.32. The molecular formula is C24H24N8O3S2. The molecule has 1 aliphatic rings. The van der Waals surface area contributed by atoms with Crippen molar-refractivity contribution in [3.05, 3.63) is 52.9 Å². The summed E-state index contributed by atoms with van der Waals surface area (Å²) >= 11 is 1.51. The fourth-order valence-corrected chi connectivity index (χ4v) is 5.87. The first kappa shape index (κ1) is 23.6. The lowest BCUT2D eigenvalue weighted by Gasteiger charge is -2.14. The number of fused-ring (bicyclic) bond motifs is 2. The van der Waals surface area contributed by atoms with Crippen molar-refractivity contribution in [3.63, 3.8) is 0 Å². The fourth-order valence-electron chi connectivity index (χ4n) is 4.25. The topological polar surface area (TPSA) is 140 Å². The van der Waals surface area contributed by atoms with Gasteiger partial charge in [-0.2, -0.15) is 5.10 Å². The Morgan fingerprint density at radius 1 is 1.08 bits per heavy atom. The molecule has 0 radical (unpaired) electrons. The second-order valence-electron chi connectivity index (χ2n) is 8.88. The van der Waals surface area contributed by atoms with E-state index in [4.69, 9.17) is 4.74 Å². The smallest absolute Gasteiger partial charge is 0.177 e. The minimum atomic E-state index is -3.56. The Hall–Kier alpha value is -3.81. The zero-order valence-electron chi connectivity index (χ0n) is 20.4. The molecule has 4 aromatic heterocycles. The molecule has 13 heteroatoms. The molecule has 0 spiro atoms. The predicted molar refractivity (Wildman–Crippen MR) is 142 cm³/mol. The third-order valence-electron chi connectivity index (χ3n) is 5.91. The van der Waals surface area contributed by atoms with Gasteiger partial charge in [0.25, 0.3) is 0 Å². The molecule has 0 bridgehead atoms. The monoisotopic (exact) mass is 536 g/mol. The molecule has 0 fully saturated rings. The van der Waals surface area contributed by atoms with Crippen molar-refractivity contribution in [2.24, 2.45) is 0 Å². The van der Waals surface area contributed by atoms with Crippen LogP contribution in [-0.2, 0) is 27.7 Å². The second-order valence-corrected chi connectivity index (χ2v) is 12.1. The first-order valence-electron chi connectivity index (χ1n) is 11.6. The lowest BCUT2D eigenvalue weighted by molar-refractivity contribution is 0.0801. The van der Waals surface area contributed by atoms with Crippen LogP contribution in [0.2, 0.25) is 0 Å². The van der Waals surface area contributed by atoms with Crippen molar-refractivity contribution in [3.8, 4) is 10.6 Å². The van der Waals surface area contributed by atoms with Crippen molar-refractivity contribution in [1.29, 1.82) is 0 Å². The molecule has 6 rings (SSSR count). The molecule has 37 heavy (non-hydrogen) atoms. The zero-order chi connectivity index (χ0) is 25.7. The molecule has 5 heterocycles. The van der Waals surface area contributed by atoms with Gasteiger partial charge in [-0.3, -0.25) is 4.68 Å². The summed E-state index contributed by atoms with van der Waals surface area (Å²) in [4.78, 5) is 18.0. The number of benzene rings is 1. The summed E-state index contributed by atoms with van der Waals surface area (Å²) in [5.74, 6) is 1.87. The van der Waals surface area contributed by atoms with Crippen LogP contribution >= 0.6 is 11.3 Å². The number of sulfone groups is 1. The second kappa shape index (κ2) is 8.94. The number of nitrogens with one attached hydrogen (secondary N) is 3. The SMILES string of the molecule is Cc1nc2c(Nc3ccc(-c4ncc(C)s4)cc3S(C)(=O)=O)cc(Nc3cc4n(n3)CCOC4)nc2[nH]1. The van der Waals surface area contributed by atoms with E-state index >= 15 is 0 Å².